The van der Waals surface area contributed by atoms with E-state index in [-0.39, 0.29) is 6.54 Å². The van der Waals surface area contributed by atoms with Gasteiger partial charge in [-0.05, 0) is 25.1 Å². The van der Waals surface area contributed by atoms with Gasteiger partial charge in [-0.15, -0.1) is 0 Å². The Morgan fingerprint density at radius 1 is 1.30 bits per heavy atom. The van der Waals surface area contributed by atoms with E-state index in [9.17, 15) is 17.2 Å². The van der Waals surface area contributed by atoms with E-state index in [0.717, 1.165) is 12.1 Å². The average Bonchev–Trinajstić information content (AvgIpc) is 2.83. The fourth-order valence-corrected chi connectivity index (χ4v) is 2.79. The lowest BCUT2D eigenvalue weighted by atomic mass is 10.3. The summed E-state index contributed by atoms with van der Waals surface area (Å²) >= 11 is 0. The van der Waals surface area contributed by atoms with Crippen LogP contribution in [0.2, 0.25) is 0 Å². The van der Waals surface area contributed by atoms with Crippen molar-refractivity contribution < 1.29 is 17.2 Å². The molecule has 0 amide bonds. The van der Waals surface area contributed by atoms with Crippen LogP contribution in [-0.2, 0) is 23.1 Å². The van der Waals surface area contributed by atoms with E-state index in [0.29, 0.717) is 18.3 Å². The molecule has 1 aromatic carbocycles. The molecule has 0 aliphatic heterocycles. The summed E-state index contributed by atoms with van der Waals surface area (Å²) in [5.74, 6) is -1.95. The minimum absolute atomic E-state index is 0.0208. The highest BCUT2D eigenvalue weighted by atomic mass is 32.2. The van der Waals surface area contributed by atoms with Crippen molar-refractivity contribution in [2.45, 2.75) is 24.9 Å². The van der Waals surface area contributed by atoms with Crippen molar-refractivity contribution >= 4 is 10.0 Å². The Bertz CT molecular complexity index is 713. The van der Waals surface area contributed by atoms with E-state index in [4.69, 9.17) is 0 Å². The van der Waals surface area contributed by atoms with Crippen molar-refractivity contribution in [3.63, 3.8) is 0 Å². The van der Waals surface area contributed by atoms with Crippen molar-refractivity contribution in [3.05, 3.63) is 47.8 Å². The highest BCUT2D eigenvalue weighted by Crippen LogP contribution is 2.15. The van der Waals surface area contributed by atoms with Gasteiger partial charge in [-0.3, -0.25) is 4.68 Å². The first-order valence-corrected chi connectivity index (χ1v) is 7.37. The first-order chi connectivity index (χ1) is 9.44. The van der Waals surface area contributed by atoms with Crippen LogP contribution < -0.4 is 4.72 Å². The highest BCUT2D eigenvalue weighted by molar-refractivity contribution is 7.89. The molecule has 1 N–H and O–H groups in total. The van der Waals surface area contributed by atoms with Crippen LogP contribution in [-0.4, -0.2) is 18.2 Å². The fraction of sp³-hybridized carbons (Fsp3) is 0.250. The smallest absolute Gasteiger partial charge is 0.243 e. The molecule has 8 heteroatoms. The van der Waals surface area contributed by atoms with Crippen LogP contribution in [0.4, 0.5) is 8.78 Å². The monoisotopic (exact) mass is 301 g/mol. The molecule has 0 spiro atoms. The molecule has 1 aromatic heterocycles. The summed E-state index contributed by atoms with van der Waals surface area (Å²) in [5, 5.41) is 4.00. The van der Waals surface area contributed by atoms with Crippen LogP contribution in [0.5, 0.6) is 0 Å². The number of hydrogen-bond acceptors (Lipinski definition) is 3. The minimum Gasteiger partial charge on any atom is -0.269 e. The van der Waals surface area contributed by atoms with Crippen molar-refractivity contribution in [3.8, 4) is 0 Å². The zero-order chi connectivity index (χ0) is 14.8. The zero-order valence-electron chi connectivity index (χ0n) is 10.7. The maximum atomic E-state index is 13.5. The van der Waals surface area contributed by atoms with Gasteiger partial charge in [0.05, 0.1) is 12.2 Å². The third kappa shape index (κ3) is 3.02. The van der Waals surface area contributed by atoms with Crippen molar-refractivity contribution in [2.75, 3.05) is 0 Å². The summed E-state index contributed by atoms with van der Waals surface area (Å²) in [5.41, 5.74) is 0.651. The van der Waals surface area contributed by atoms with Crippen LogP contribution in [0.1, 0.15) is 12.6 Å². The molecule has 1 heterocycles. The molecule has 0 saturated heterocycles. The first-order valence-electron chi connectivity index (χ1n) is 5.89. The minimum atomic E-state index is -4.04. The molecule has 2 aromatic rings. The van der Waals surface area contributed by atoms with E-state index in [1.165, 1.54) is 0 Å². The number of benzene rings is 1. The first kappa shape index (κ1) is 14.6. The second-order valence-corrected chi connectivity index (χ2v) is 5.77. The lowest BCUT2D eigenvalue weighted by Gasteiger charge is -2.09. The Hall–Kier alpha value is -1.80. The Balaban J connectivity index is 2.19. The number of halogens is 2. The second kappa shape index (κ2) is 5.68. The lowest BCUT2D eigenvalue weighted by molar-refractivity contribution is 0.540. The van der Waals surface area contributed by atoms with Gasteiger partial charge in [-0.2, -0.15) is 5.10 Å². The van der Waals surface area contributed by atoms with E-state index in [1.54, 1.807) is 16.9 Å². The van der Waals surface area contributed by atoms with Crippen LogP contribution in [0, 0.1) is 11.6 Å². The molecule has 5 nitrogen and oxygen atoms in total. The van der Waals surface area contributed by atoms with Gasteiger partial charge in [0.2, 0.25) is 10.0 Å². The third-order valence-corrected chi connectivity index (χ3v) is 4.17. The van der Waals surface area contributed by atoms with Gasteiger partial charge in [0.25, 0.3) is 0 Å². The molecule has 0 saturated carbocycles. The summed E-state index contributed by atoms with van der Waals surface area (Å²) in [7, 11) is -4.04. The maximum absolute atomic E-state index is 13.5. The number of nitrogens with one attached hydrogen (secondary N) is 1. The number of sulfonamides is 1. The fourth-order valence-electron chi connectivity index (χ4n) is 1.73. The molecule has 0 aliphatic rings. The Labute approximate surface area is 115 Å². The van der Waals surface area contributed by atoms with Crippen LogP contribution >= 0.6 is 0 Å². The van der Waals surface area contributed by atoms with Crippen LogP contribution in [0.3, 0.4) is 0 Å². The van der Waals surface area contributed by atoms with E-state index in [2.05, 4.69) is 9.82 Å². The summed E-state index contributed by atoms with van der Waals surface area (Å²) < 4.78 is 54.0. The molecule has 0 bridgehead atoms. The number of rotatable bonds is 5. The average molecular weight is 301 g/mol. The highest BCUT2D eigenvalue weighted by Gasteiger charge is 2.19. The molecule has 0 aliphatic carbocycles. The van der Waals surface area contributed by atoms with Crippen molar-refractivity contribution in [1.29, 1.82) is 0 Å². The zero-order valence-corrected chi connectivity index (χ0v) is 11.5. The van der Waals surface area contributed by atoms with Crippen LogP contribution in [0.25, 0.3) is 0 Å². The molecule has 108 valence electrons. The Morgan fingerprint density at radius 2 is 2.05 bits per heavy atom. The topological polar surface area (TPSA) is 64.0 Å². The van der Waals surface area contributed by atoms with E-state index >= 15 is 0 Å². The quantitative estimate of drug-likeness (QED) is 0.913. The van der Waals surface area contributed by atoms with E-state index < -0.39 is 26.6 Å². The number of hydrogen-bond donors (Lipinski definition) is 1. The van der Waals surface area contributed by atoms with Gasteiger partial charge < -0.3 is 0 Å². The van der Waals surface area contributed by atoms with Crippen LogP contribution in [0.15, 0.2) is 35.4 Å². The number of aryl methyl sites for hydroxylation is 1. The number of nitrogens with zero attached hydrogens (tertiary/aromatic N) is 2. The lowest BCUT2D eigenvalue weighted by Crippen LogP contribution is -2.25. The van der Waals surface area contributed by atoms with Crippen molar-refractivity contribution in [1.82, 2.24) is 14.5 Å². The third-order valence-electron chi connectivity index (χ3n) is 2.73. The Kier molecular flexibility index (Phi) is 4.15. The standard InChI is InChI=1S/C12H13F2N3O2S/c1-2-17-10(5-6-15-17)8-16-20(18,19)12-4-3-9(13)7-11(12)14/h3-7,16H,2,8H2,1H3. The molecular formula is C12H13F2N3O2S. The van der Waals surface area contributed by atoms with Crippen molar-refractivity contribution in [2.24, 2.45) is 0 Å². The SMILES string of the molecule is CCn1nccc1CNS(=O)(=O)c1ccc(F)cc1F. The second-order valence-electron chi connectivity index (χ2n) is 4.04. The van der Waals surface area contributed by atoms with Gasteiger partial charge in [0, 0.05) is 18.8 Å². The van der Waals surface area contributed by atoms with Gasteiger partial charge in [-0.25, -0.2) is 21.9 Å². The van der Waals surface area contributed by atoms with Gasteiger partial charge >= 0.3 is 0 Å². The maximum Gasteiger partial charge on any atom is 0.243 e. The molecular weight excluding hydrogens is 288 g/mol. The summed E-state index contributed by atoms with van der Waals surface area (Å²) in [6.45, 7) is 2.44. The Morgan fingerprint density at radius 3 is 2.70 bits per heavy atom. The molecule has 0 fully saturated rings. The molecule has 0 radical (unpaired) electrons. The molecule has 2 rings (SSSR count). The largest absolute Gasteiger partial charge is 0.269 e. The summed E-state index contributed by atoms with van der Waals surface area (Å²) in [6, 6.07) is 3.98. The predicted molar refractivity (Wildman–Crippen MR) is 68.3 cm³/mol. The van der Waals surface area contributed by atoms with Gasteiger partial charge in [-0.1, -0.05) is 0 Å². The molecule has 20 heavy (non-hydrogen) atoms. The summed E-state index contributed by atoms with van der Waals surface area (Å²) in [4.78, 5) is -0.582. The van der Waals surface area contributed by atoms with E-state index in [1.807, 2.05) is 6.92 Å². The molecule has 0 unspecified atom stereocenters. The van der Waals surface area contributed by atoms with Gasteiger partial charge in [0.15, 0.2) is 0 Å². The predicted octanol–water partition coefficient (Wildman–Crippen LogP) is 1.66. The molecule has 0 atom stereocenters. The number of aromatic nitrogens is 2. The van der Waals surface area contributed by atoms with Gasteiger partial charge in [0.1, 0.15) is 16.5 Å². The summed E-state index contributed by atoms with van der Waals surface area (Å²) in [6.07, 6.45) is 1.55. The normalized spacial score (nSPS) is 11.8.